The first-order valence-electron chi connectivity index (χ1n) is 9.66. The number of likely N-dealkylation sites (N-methyl/N-ethyl adjacent to an activating group) is 1. The molecule has 3 fully saturated rings. The van der Waals surface area contributed by atoms with Crippen molar-refractivity contribution in [3.05, 3.63) is 35.6 Å². The fourth-order valence-corrected chi connectivity index (χ4v) is 4.56. The third-order valence-electron chi connectivity index (χ3n) is 6.25. The third-order valence-corrected chi connectivity index (χ3v) is 6.25. The minimum Gasteiger partial charge on any atom is -0.376 e. The summed E-state index contributed by atoms with van der Waals surface area (Å²) in [5.74, 6) is 1.22. The van der Waals surface area contributed by atoms with Gasteiger partial charge in [-0.05, 0) is 43.6 Å². The molecule has 0 aromatic heterocycles. The number of benzene rings is 1. The topological polar surface area (TPSA) is 19.0 Å². The van der Waals surface area contributed by atoms with Gasteiger partial charge in [0.1, 0.15) is 5.82 Å². The molecule has 3 aliphatic heterocycles. The lowest BCUT2D eigenvalue weighted by Gasteiger charge is -2.38. The largest absolute Gasteiger partial charge is 0.376 e. The summed E-state index contributed by atoms with van der Waals surface area (Å²) in [6.45, 7) is 9.83. The van der Waals surface area contributed by atoms with Gasteiger partial charge >= 0.3 is 0 Å². The molecule has 4 nitrogen and oxygen atoms in total. The predicted molar refractivity (Wildman–Crippen MR) is 97.0 cm³/mol. The number of halogens is 1. The van der Waals surface area contributed by atoms with Crippen molar-refractivity contribution in [3.8, 4) is 0 Å². The standard InChI is InChI=1S/C20H30FN3O/c1-22-8-10-23(11-9-22)14-20-19-13-24(7-6-17(19)15-25-20)12-16-2-4-18(21)5-3-16/h2-5,17,19-20H,6-15H2,1H3/t17-,19-,20+/m1/s1. The molecule has 0 bridgehead atoms. The Morgan fingerprint density at radius 3 is 2.56 bits per heavy atom. The Labute approximate surface area is 150 Å². The molecule has 0 N–H and O–H groups in total. The first kappa shape index (κ1) is 17.4. The van der Waals surface area contributed by atoms with Gasteiger partial charge in [0.2, 0.25) is 0 Å². The van der Waals surface area contributed by atoms with Crippen molar-refractivity contribution >= 4 is 0 Å². The Hall–Kier alpha value is -1.01. The summed E-state index contributed by atoms with van der Waals surface area (Å²) in [6.07, 6.45) is 1.61. The van der Waals surface area contributed by atoms with Crippen molar-refractivity contribution in [1.82, 2.24) is 14.7 Å². The lowest BCUT2D eigenvalue weighted by Crippen LogP contribution is -2.49. The Morgan fingerprint density at radius 1 is 1.04 bits per heavy atom. The highest BCUT2D eigenvalue weighted by atomic mass is 19.1. The van der Waals surface area contributed by atoms with Crippen LogP contribution < -0.4 is 0 Å². The van der Waals surface area contributed by atoms with E-state index in [1.54, 1.807) is 12.1 Å². The summed E-state index contributed by atoms with van der Waals surface area (Å²) < 4.78 is 19.3. The van der Waals surface area contributed by atoms with Crippen molar-refractivity contribution in [2.45, 2.75) is 19.1 Å². The predicted octanol–water partition coefficient (Wildman–Crippen LogP) is 1.91. The maximum Gasteiger partial charge on any atom is 0.123 e. The molecule has 0 unspecified atom stereocenters. The van der Waals surface area contributed by atoms with Gasteiger partial charge in [-0.15, -0.1) is 0 Å². The summed E-state index contributed by atoms with van der Waals surface area (Å²) in [5.41, 5.74) is 1.20. The third kappa shape index (κ3) is 4.22. The molecule has 4 rings (SSSR count). The van der Waals surface area contributed by atoms with Crippen LogP contribution in [0.15, 0.2) is 24.3 Å². The Morgan fingerprint density at radius 2 is 1.80 bits per heavy atom. The number of ether oxygens (including phenoxy) is 1. The van der Waals surface area contributed by atoms with E-state index in [9.17, 15) is 4.39 Å². The van der Waals surface area contributed by atoms with Crippen molar-refractivity contribution < 1.29 is 9.13 Å². The highest BCUT2D eigenvalue weighted by Gasteiger charge is 2.41. The van der Waals surface area contributed by atoms with E-state index >= 15 is 0 Å². The van der Waals surface area contributed by atoms with Crippen LogP contribution in [-0.4, -0.2) is 80.3 Å². The van der Waals surface area contributed by atoms with Crippen LogP contribution in [0.3, 0.4) is 0 Å². The van der Waals surface area contributed by atoms with E-state index < -0.39 is 0 Å². The van der Waals surface area contributed by atoms with Crippen molar-refractivity contribution in [1.29, 1.82) is 0 Å². The number of fused-ring (bicyclic) bond motifs is 1. The van der Waals surface area contributed by atoms with Crippen LogP contribution in [0.4, 0.5) is 4.39 Å². The maximum absolute atomic E-state index is 13.1. The van der Waals surface area contributed by atoms with Gasteiger partial charge in [0.25, 0.3) is 0 Å². The first-order valence-corrected chi connectivity index (χ1v) is 9.66. The van der Waals surface area contributed by atoms with Crippen LogP contribution in [0, 0.1) is 17.7 Å². The van der Waals surface area contributed by atoms with Gasteiger partial charge in [-0.25, -0.2) is 4.39 Å². The fraction of sp³-hybridized carbons (Fsp3) is 0.700. The minimum atomic E-state index is -0.154. The molecule has 25 heavy (non-hydrogen) atoms. The molecule has 1 aromatic rings. The Kier molecular flexibility index (Phi) is 5.36. The summed E-state index contributed by atoms with van der Waals surface area (Å²) in [6, 6.07) is 6.95. The number of piperazine rings is 1. The van der Waals surface area contributed by atoms with E-state index in [-0.39, 0.29) is 5.82 Å². The number of hydrogen-bond acceptors (Lipinski definition) is 4. The second-order valence-corrected chi connectivity index (χ2v) is 8.05. The molecule has 5 heteroatoms. The molecule has 3 saturated heterocycles. The number of rotatable bonds is 4. The average molecular weight is 347 g/mol. The normalized spacial score (nSPS) is 32.0. The number of hydrogen-bond donors (Lipinski definition) is 0. The van der Waals surface area contributed by atoms with Gasteiger partial charge in [0.05, 0.1) is 12.7 Å². The van der Waals surface area contributed by atoms with Crippen molar-refractivity contribution in [2.24, 2.45) is 11.8 Å². The highest BCUT2D eigenvalue weighted by molar-refractivity contribution is 5.16. The van der Waals surface area contributed by atoms with Crippen LogP contribution in [0.2, 0.25) is 0 Å². The molecule has 3 atom stereocenters. The summed E-state index contributed by atoms with van der Waals surface area (Å²) in [5, 5.41) is 0. The molecule has 3 heterocycles. The molecule has 0 aliphatic carbocycles. The minimum absolute atomic E-state index is 0.154. The zero-order chi connectivity index (χ0) is 17.2. The van der Waals surface area contributed by atoms with Crippen LogP contribution in [0.25, 0.3) is 0 Å². The van der Waals surface area contributed by atoms with Crippen molar-refractivity contribution in [2.75, 3.05) is 59.5 Å². The van der Waals surface area contributed by atoms with Crippen LogP contribution >= 0.6 is 0 Å². The van der Waals surface area contributed by atoms with E-state index in [1.807, 2.05) is 12.1 Å². The second-order valence-electron chi connectivity index (χ2n) is 8.05. The lowest BCUT2D eigenvalue weighted by molar-refractivity contribution is 0.0297. The SMILES string of the molecule is CN1CCN(C[C@@H]2OC[C@H]3CCN(Cc4ccc(F)cc4)C[C@H]32)CC1. The lowest BCUT2D eigenvalue weighted by atomic mass is 9.84. The number of likely N-dealkylation sites (tertiary alicyclic amines) is 1. The van der Waals surface area contributed by atoms with Gasteiger partial charge in [0.15, 0.2) is 0 Å². The highest BCUT2D eigenvalue weighted by Crippen LogP contribution is 2.35. The zero-order valence-corrected chi connectivity index (χ0v) is 15.2. The van der Waals surface area contributed by atoms with E-state index in [1.165, 1.54) is 12.0 Å². The van der Waals surface area contributed by atoms with Crippen LogP contribution in [0.5, 0.6) is 0 Å². The number of nitrogens with zero attached hydrogens (tertiary/aromatic N) is 3. The van der Waals surface area contributed by atoms with E-state index in [4.69, 9.17) is 4.74 Å². The zero-order valence-electron chi connectivity index (χ0n) is 15.2. The van der Waals surface area contributed by atoms with Gasteiger partial charge in [-0.3, -0.25) is 9.80 Å². The van der Waals surface area contributed by atoms with Gasteiger partial charge in [0, 0.05) is 51.7 Å². The first-order chi connectivity index (χ1) is 12.2. The summed E-state index contributed by atoms with van der Waals surface area (Å²) in [7, 11) is 2.20. The Balaban J connectivity index is 1.33. The Bertz CT molecular complexity index is 559. The molecular formula is C20H30FN3O. The second kappa shape index (κ2) is 7.70. The van der Waals surface area contributed by atoms with Gasteiger partial charge in [-0.1, -0.05) is 12.1 Å². The monoisotopic (exact) mass is 347 g/mol. The molecule has 138 valence electrons. The van der Waals surface area contributed by atoms with E-state index in [0.29, 0.717) is 12.0 Å². The summed E-state index contributed by atoms with van der Waals surface area (Å²) in [4.78, 5) is 7.51. The molecule has 3 aliphatic rings. The van der Waals surface area contributed by atoms with E-state index in [0.717, 1.165) is 64.9 Å². The molecular weight excluding hydrogens is 317 g/mol. The fourth-order valence-electron chi connectivity index (χ4n) is 4.56. The van der Waals surface area contributed by atoms with Crippen LogP contribution in [0.1, 0.15) is 12.0 Å². The molecule has 1 aromatic carbocycles. The maximum atomic E-state index is 13.1. The van der Waals surface area contributed by atoms with E-state index in [2.05, 4.69) is 21.7 Å². The molecule has 0 amide bonds. The summed E-state index contributed by atoms with van der Waals surface area (Å²) >= 11 is 0. The molecule has 0 radical (unpaired) electrons. The molecule has 0 spiro atoms. The number of piperidine rings is 1. The van der Waals surface area contributed by atoms with Crippen molar-refractivity contribution in [3.63, 3.8) is 0 Å². The smallest absolute Gasteiger partial charge is 0.123 e. The van der Waals surface area contributed by atoms with Gasteiger partial charge in [-0.2, -0.15) is 0 Å². The van der Waals surface area contributed by atoms with Gasteiger partial charge < -0.3 is 9.64 Å². The quantitative estimate of drug-likeness (QED) is 0.828. The molecule has 0 saturated carbocycles. The van der Waals surface area contributed by atoms with Crippen LogP contribution in [-0.2, 0) is 11.3 Å². The average Bonchev–Trinajstić information content (AvgIpc) is 3.01.